The molecule has 0 spiro atoms. The predicted octanol–water partition coefficient (Wildman–Crippen LogP) is 0.643. The van der Waals surface area contributed by atoms with Crippen LogP contribution in [0.25, 0.3) is 0 Å². The third-order valence-corrected chi connectivity index (χ3v) is 5.01. The Morgan fingerprint density at radius 2 is 2.10 bits per heavy atom. The molecule has 1 heterocycles. The summed E-state index contributed by atoms with van der Waals surface area (Å²) >= 11 is 0. The summed E-state index contributed by atoms with van der Waals surface area (Å²) in [5.74, 6) is -0.440. The zero-order chi connectivity index (χ0) is 15.9. The number of ether oxygens (including phenoxy) is 1. The van der Waals surface area contributed by atoms with Crippen molar-refractivity contribution in [3.8, 4) is 0 Å². The quantitative estimate of drug-likeness (QED) is 0.658. The lowest BCUT2D eigenvalue weighted by Crippen LogP contribution is -2.42. The van der Waals surface area contributed by atoms with Crippen LogP contribution in [0.4, 0.5) is 0 Å². The number of hydrogen-bond donors (Lipinski definition) is 0. The predicted molar refractivity (Wildman–Crippen MR) is 78.5 cm³/mol. The Morgan fingerprint density at radius 1 is 1.38 bits per heavy atom. The molecule has 1 aromatic rings. The van der Waals surface area contributed by atoms with Gasteiger partial charge in [0.15, 0.2) is 0 Å². The summed E-state index contributed by atoms with van der Waals surface area (Å²) in [6.07, 6.45) is 1.64. The average molecular weight is 315 g/mol. The zero-order valence-corrected chi connectivity index (χ0v) is 13.3. The largest absolute Gasteiger partial charge is 0.469 e. The molecule has 0 amide bonds. The highest BCUT2D eigenvalue weighted by Crippen LogP contribution is 2.11. The average Bonchev–Trinajstić information content (AvgIpc) is 2.50. The minimum absolute atomic E-state index is 0.0212. The molecule has 21 heavy (non-hydrogen) atoms. The molecule has 8 heteroatoms. The van der Waals surface area contributed by atoms with Crippen LogP contribution in [0.15, 0.2) is 24.4 Å². The van der Waals surface area contributed by atoms with Crippen LogP contribution in [0.5, 0.6) is 0 Å². The van der Waals surface area contributed by atoms with Crippen LogP contribution in [0, 0.1) is 0 Å². The minimum atomic E-state index is -3.63. The Balaban J connectivity index is 2.75. The topological polar surface area (TPSA) is 79.8 Å². The molecular weight excluding hydrogens is 294 g/mol. The maximum atomic E-state index is 12.4. The lowest BCUT2D eigenvalue weighted by Gasteiger charge is -2.26. The summed E-state index contributed by atoms with van der Waals surface area (Å²) in [6.45, 7) is 2.35. The van der Waals surface area contributed by atoms with Gasteiger partial charge in [-0.05, 0) is 12.1 Å². The van der Waals surface area contributed by atoms with Gasteiger partial charge in [-0.3, -0.25) is 9.78 Å². The minimum Gasteiger partial charge on any atom is -0.469 e. The SMILES string of the molecule is CCN(Cc1ccccn1)S(=O)(=O)N(C)CCC(=O)OC. The van der Waals surface area contributed by atoms with Gasteiger partial charge in [0, 0.05) is 26.3 Å². The monoisotopic (exact) mass is 315 g/mol. The van der Waals surface area contributed by atoms with Gasteiger partial charge in [-0.1, -0.05) is 13.0 Å². The second kappa shape index (κ2) is 8.06. The Bertz CT molecular complexity index is 548. The van der Waals surface area contributed by atoms with Gasteiger partial charge in [0.1, 0.15) is 0 Å². The first-order chi connectivity index (χ1) is 9.91. The molecule has 0 aliphatic rings. The fourth-order valence-corrected chi connectivity index (χ4v) is 3.03. The van der Waals surface area contributed by atoms with E-state index in [9.17, 15) is 13.2 Å². The normalized spacial score (nSPS) is 11.9. The van der Waals surface area contributed by atoms with Crippen LogP contribution in [0.2, 0.25) is 0 Å². The number of carbonyl (C=O) groups is 1. The summed E-state index contributed by atoms with van der Waals surface area (Å²) in [6, 6.07) is 5.35. The summed E-state index contributed by atoms with van der Waals surface area (Å²) in [7, 11) is -0.916. The fraction of sp³-hybridized carbons (Fsp3) is 0.538. The Kier molecular flexibility index (Phi) is 6.73. The Labute approximate surface area is 125 Å². The number of pyridine rings is 1. The molecule has 7 nitrogen and oxygen atoms in total. The molecule has 0 unspecified atom stereocenters. The molecule has 0 radical (unpaired) electrons. The lowest BCUT2D eigenvalue weighted by molar-refractivity contribution is -0.140. The molecule has 0 bridgehead atoms. The molecule has 118 valence electrons. The van der Waals surface area contributed by atoms with E-state index in [0.29, 0.717) is 12.2 Å². The number of rotatable bonds is 8. The first kappa shape index (κ1) is 17.5. The van der Waals surface area contributed by atoms with Crippen molar-refractivity contribution in [3.05, 3.63) is 30.1 Å². The van der Waals surface area contributed by atoms with Crippen molar-refractivity contribution in [2.45, 2.75) is 19.9 Å². The first-order valence-corrected chi connectivity index (χ1v) is 7.99. The second-order valence-electron chi connectivity index (χ2n) is 4.40. The number of hydrogen-bond acceptors (Lipinski definition) is 5. The molecule has 0 aromatic carbocycles. The van der Waals surface area contributed by atoms with E-state index >= 15 is 0 Å². The van der Waals surface area contributed by atoms with Gasteiger partial charge < -0.3 is 4.74 Å². The van der Waals surface area contributed by atoms with E-state index in [2.05, 4.69) is 9.72 Å². The summed E-state index contributed by atoms with van der Waals surface area (Å²) in [4.78, 5) is 15.2. The lowest BCUT2D eigenvalue weighted by atomic mass is 10.3. The van der Waals surface area contributed by atoms with Crippen LogP contribution >= 0.6 is 0 Å². The smallest absolute Gasteiger partial charge is 0.306 e. The molecule has 0 atom stereocenters. The fourth-order valence-electron chi connectivity index (χ4n) is 1.69. The first-order valence-electron chi connectivity index (χ1n) is 6.60. The van der Waals surface area contributed by atoms with Gasteiger partial charge >= 0.3 is 5.97 Å². The third kappa shape index (κ3) is 5.07. The Morgan fingerprint density at radius 3 is 2.62 bits per heavy atom. The summed E-state index contributed by atoms with van der Waals surface area (Å²) in [5.41, 5.74) is 0.671. The number of esters is 1. The van der Waals surface area contributed by atoms with Crippen LogP contribution < -0.4 is 0 Å². The molecule has 0 saturated carbocycles. The summed E-state index contributed by atoms with van der Waals surface area (Å²) < 4.78 is 31.9. The zero-order valence-electron chi connectivity index (χ0n) is 12.5. The maximum absolute atomic E-state index is 12.4. The number of methoxy groups -OCH3 is 1. The van der Waals surface area contributed by atoms with E-state index in [-0.39, 0.29) is 19.5 Å². The van der Waals surface area contributed by atoms with E-state index in [1.165, 1.54) is 18.5 Å². The molecule has 1 rings (SSSR count). The second-order valence-corrected chi connectivity index (χ2v) is 6.44. The maximum Gasteiger partial charge on any atom is 0.306 e. The Hall–Kier alpha value is -1.51. The van der Waals surface area contributed by atoms with Gasteiger partial charge in [-0.15, -0.1) is 0 Å². The van der Waals surface area contributed by atoms with Gasteiger partial charge in [0.05, 0.1) is 25.8 Å². The molecule has 0 aliphatic heterocycles. The van der Waals surface area contributed by atoms with Crippen LogP contribution in [-0.2, 0) is 26.3 Å². The highest BCUT2D eigenvalue weighted by Gasteiger charge is 2.26. The van der Waals surface area contributed by atoms with Crippen molar-refractivity contribution in [3.63, 3.8) is 0 Å². The van der Waals surface area contributed by atoms with E-state index < -0.39 is 16.2 Å². The standard InChI is InChI=1S/C13H21N3O4S/c1-4-16(11-12-7-5-6-9-14-12)21(18,19)15(2)10-8-13(17)20-3/h5-7,9H,4,8,10-11H2,1-3H3. The van der Waals surface area contributed by atoms with Crippen LogP contribution in [0.3, 0.4) is 0 Å². The number of carbonyl (C=O) groups excluding carboxylic acids is 1. The van der Waals surface area contributed by atoms with E-state index in [1.807, 2.05) is 6.07 Å². The van der Waals surface area contributed by atoms with Gasteiger partial charge in [0.25, 0.3) is 10.2 Å². The van der Waals surface area contributed by atoms with Gasteiger partial charge in [0.2, 0.25) is 0 Å². The highest BCUT2D eigenvalue weighted by atomic mass is 32.2. The molecule has 0 fully saturated rings. The van der Waals surface area contributed by atoms with Crippen molar-refractivity contribution >= 4 is 16.2 Å². The highest BCUT2D eigenvalue weighted by molar-refractivity contribution is 7.86. The van der Waals surface area contributed by atoms with Crippen molar-refractivity contribution in [2.75, 3.05) is 27.2 Å². The van der Waals surface area contributed by atoms with E-state index in [1.54, 1.807) is 25.3 Å². The van der Waals surface area contributed by atoms with Gasteiger partial charge in [-0.25, -0.2) is 0 Å². The van der Waals surface area contributed by atoms with Crippen LogP contribution in [0.1, 0.15) is 19.0 Å². The van der Waals surface area contributed by atoms with Crippen molar-refractivity contribution in [1.29, 1.82) is 0 Å². The van der Waals surface area contributed by atoms with Crippen molar-refractivity contribution in [2.24, 2.45) is 0 Å². The molecule has 0 aliphatic carbocycles. The van der Waals surface area contributed by atoms with Crippen LogP contribution in [-0.4, -0.2) is 55.2 Å². The van der Waals surface area contributed by atoms with Crippen molar-refractivity contribution in [1.82, 2.24) is 13.6 Å². The summed E-state index contributed by atoms with van der Waals surface area (Å²) in [5, 5.41) is 0. The number of nitrogens with zero attached hydrogens (tertiary/aromatic N) is 3. The van der Waals surface area contributed by atoms with Gasteiger partial charge in [-0.2, -0.15) is 17.0 Å². The molecule has 1 aromatic heterocycles. The molecular formula is C13H21N3O4S. The van der Waals surface area contributed by atoms with E-state index in [0.717, 1.165) is 4.31 Å². The number of aromatic nitrogens is 1. The van der Waals surface area contributed by atoms with E-state index in [4.69, 9.17) is 0 Å². The third-order valence-electron chi connectivity index (χ3n) is 3.00. The molecule has 0 saturated heterocycles. The van der Waals surface area contributed by atoms with Crippen molar-refractivity contribution < 1.29 is 17.9 Å². The molecule has 0 N–H and O–H groups in total.